The number of nitrogens with one attached hydrogen (secondary N) is 1. The Labute approximate surface area is 113 Å². The molecule has 19 heavy (non-hydrogen) atoms. The Balaban J connectivity index is 2.00. The lowest BCUT2D eigenvalue weighted by atomic mass is 9.70. The summed E-state index contributed by atoms with van der Waals surface area (Å²) in [6, 6.07) is 2.89. The minimum Gasteiger partial charge on any atom is -0.349 e. The van der Waals surface area contributed by atoms with Crippen LogP contribution in [0.1, 0.15) is 50.4 Å². The Hall–Kier alpha value is -1.45. The second-order valence-corrected chi connectivity index (χ2v) is 6.33. The SMILES string of the molecule is CC1CC(C)(C)CCC1NC(=O)c1ccnc(F)c1. The summed E-state index contributed by atoms with van der Waals surface area (Å²) in [5.74, 6) is -0.386. The van der Waals surface area contributed by atoms with Gasteiger partial charge in [-0.3, -0.25) is 4.79 Å². The molecule has 1 aliphatic rings. The summed E-state index contributed by atoms with van der Waals surface area (Å²) in [6.07, 6.45) is 4.50. The standard InChI is InChI=1S/C15H21FN2O/c1-10-9-15(2,3)6-4-12(10)18-14(19)11-5-7-17-13(16)8-11/h5,7-8,10,12H,4,6,9H2,1-3H3,(H,18,19). The minimum absolute atomic E-state index is 0.178. The Morgan fingerprint density at radius 1 is 1.53 bits per heavy atom. The van der Waals surface area contributed by atoms with Gasteiger partial charge in [0.2, 0.25) is 5.95 Å². The van der Waals surface area contributed by atoms with E-state index in [2.05, 4.69) is 31.1 Å². The quantitative estimate of drug-likeness (QED) is 0.834. The molecule has 1 heterocycles. The molecule has 0 aromatic carbocycles. The molecule has 0 bridgehead atoms. The van der Waals surface area contributed by atoms with Gasteiger partial charge in [0.25, 0.3) is 5.91 Å². The van der Waals surface area contributed by atoms with Crippen LogP contribution in [0.25, 0.3) is 0 Å². The van der Waals surface area contributed by atoms with Crippen molar-refractivity contribution in [2.75, 3.05) is 0 Å². The molecule has 104 valence electrons. The van der Waals surface area contributed by atoms with Gasteiger partial charge in [-0.1, -0.05) is 20.8 Å². The van der Waals surface area contributed by atoms with Crippen LogP contribution in [0.3, 0.4) is 0 Å². The summed E-state index contributed by atoms with van der Waals surface area (Å²) in [4.78, 5) is 15.5. The van der Waals surface area contributed by atoms with Crippen molar-refractivity contribution in [1.29, 1.82) is 0 Å². The first-order chi connectivity index (χ1) is 8.87. The number of carbonyl (C=O) groups excluding carboxylic acids is 1. The maximum atomic E-state index is 13.0. The number of hydrogen-bond acceptors (Lipinski definition) is 2. The Morgan fingerprint density at radius 3 is 2.89 bits per heavy atom. The molecule has 2 atom stereocenters. The normalized spacial score (nSPS) is 25.9. The number of amides is 1. The van der Waals surface area contributed by atoms with Gasteiger partial charge < -0.3 is 5.32 Å². The number of nitrogens with zero attached hydrogens (tertiary/aromatic N) is 1. The molecule has 1 fully saturated rings. The van der Waals surface area contributed by atoms with Crippen LogP contribution in [0.15, 0.2) is 18.3 Å². The third kappa shape index (κ3) is 3.52. The smallest absolute Gasteiger partial charge is 0.251 e. The lowest BCUT2D eigenvalue weighted by Crippen LogP contribution is -2.44. The third-order valence-corrected chi connectivity index (χ3v) is 4.00. The first-order valence-corrected chi connectivity index (χ1v) is 6.80. The van der Waals surface area contributed by atoms with E-state index >= 15 is 0 Å². The second kappa shape index (κ2) is 5.27. The van der Waals surface area contributed by atoms with Gasteiger partial charge >= 0.3 is 0 Å². The molecule has 1 amide bonds. The van der Waals surface area contributed by atoms with Crippen molar-refractivity contribution in [3.8, 4) is 0 Å². The van der Waals surface area contributed by atoms with Crippen molar-refractivity contribution >= 4 is 5.91 Å². The van der Waals surface area contributed by atoms with E-state index in [9.17, 15) is 9.18 Å². The predicted molar refractivity (Wildman–Crippen MR) is 72.2 cm³/mol. The second-order valence-electron chi connectivity index (χ2n) is 6.33. The van der Waals surface area contributed by atoms with E-state index < -0.39 is 5.95 Å². The average Bonchev–Trinajstić information content (AvgIpc) is 2.32. The lowest BCUT2D eigenvalue weighted by molar-refractivity contribution is 0.0861. The van der Waals surface area contributed by atoms with Crippen molar-refractivity contribution in [2.24, 2.45) is 11.3 Å². The first-order valence-electron chi connectivity index (χ1n) is 6.80. The fourth-order valence-electron chi connectivity index (χ4n) is 2.96. The molecule has 1 saturated carbocycles. The number of rotatable bonds is 2. The Morgan fingerprint density at radius 2 is 2.26 bits per heavy atom. The molecular formula is C15H21FN2O. The van der Waals surface area contributed by atoms with E-state index in [1.165, 1.54) is 18.3 Å². The lowest BCUT2D eigenvalue weighted by Gasteiger charge is -2.39. The summed E-state index contributed by atoms with van der Waals surface area (Å²) in [7, 11) is 0. The number of aromatic nitrogens is 1. The van der Waals surface area contributed by atoms with E-state index in [0.717, 1.165) is 19.3 Å². The fourth-order valence-corrected chi connectivity index (χ4v) is 2.96. The fraction of sp³-hybridized carbons (Fsp3) is 0.600. The molecule has 0 spiro atoms. The molecule has 0 radical (unpaired) electrons. The van der Waals surface area contributed by atoms with Gasteiger partial charge in [0.15, 0.2) is 0 Å². The van der Waals surface area contributed by atoms with Crippen molar-refractivity contribution in [2.45, 2.75) is 46.1 Å². The molecule has 1 aromatic heterocycles. The van der Waals surface area contributed by atoms with Crippen LogP contribution >= 0.6 is 0 Å². The highest BCUT2D eigenvalue weighted by Gasteiger charge is 2.33. The number of pyridine rings is 1. The van der Waals surface area contributed by atoms with Crippen molar-refractivity contribution < 1.29 is 9.18 Å². The van der Waals surface area contributed by atoms with Crippen molar-refractivity contribution in [3.05, 3.63) is 29.8 Å². The highest BCUT2D eigenvalue weighted by molar-refractivity contribution is 5.94. The van der Waals surface area contributed by atoms with Gasteiger partial charge in [0.05, 0.1) is 0 Å². The third-order valence-electron chi connectivity index (χ3n) is 4.00. The minimum atomic E-state index is -0.620. The largest absolute Gasteiger partial charge is 0.349 e. The summed E-state index contributed by atoms with van der Waals surface area (Å²) in [5.41, 5.74) is 0.688. The number of carbonyl (C=O) groups is 1. The highest BCUT2D eigenvalue weighted by Crippen LogP contribution is 2.38. The van der Waals surface area contributed by atoms with Crippen LogP contribution in [-0.2, 0) is 0 Å². The topological polar surface area (TPSA) is 42.0 Å². The predicted octanol–water partition coefficient (Wildman–Crippen LogP) is 3.17. The van der Waals surface area contributed by atoms with Crippen LogP contribution in [0, 0.1) is 17.3 Å². The van der Waals surface area contributed by atoms with E-state index in [1.54, 1.807) is 0 Å². The average molecular weight is 264 g/mol. The summed E-state index contributed by atoms with van der Waals surface area (Å²) in [6.45, 7) is 6.69. The molecule has 1 aliphatic carbocycles. The number of halogens is 1. The van der Waals surface area contributed by atoms with Gasteiger partial charge in [0.1, 0.15) is 0 Å². The van der Waals surface area contributed by atoms with Gasteiger partial charge in [-0.2, -0.15) is 4.39 Å². The van der Waals surface area contributed by atoms with Gasteiger partial charge in [0, 0.05) is 23.9 Å². The van der Waals surface area contributed by atoms with Gasteiger partial charge in [-0.05, 0) is 36.7 Å². The summed E-state index contributed by atoms with van der Waals surface area (Å²) >= 11 is 0. The maximum Gasteiger partial charge on any atom is 0.251 e. The zero-order valence-corrected chi connectivity index (χ0v) is 11.7. The van der Waals surface area contributed by atoms with E-state index in [1.807, 2.05) is 0 Å². The molecular weight excluding hydrogens is 243 g/mol. The zero-order chi connectivity index (χ0) is 14.0. The van der Waals surface area contributed by atoms with E-state index in [-0.39, 0.29) is 11.9 Å². The van der Waals surface area contributed by atoms with E-state index in [0.29, 0.717) is 16.9 Å². The van der Waals surface area contributed by atoms with E-state index in [4.69, 9.17) is 0 Å². The molecule has 0 saturated heterocycles. The zero-order valence-electron chi connectivity index (χ0n) is 11.7. The highest BCUT2D eigenvalue weighted by atomic mass is 19.1. The molecule has 2 rings (SSSR count). The number of hydrogen-bond donors (Lipinski definition) is 1. The van der Waals surface area contributed by atoms with Crippen LogP contribution in [-0.4, -0.2) is 16.9 Å². The van der Waals surface area contributed by atoms with Crippen LogP contribution < -0.4 is 5.32 Å². The first kappa shape index (κ1) is 14.0. The molecule has 1 N–H and O–H groups in total. The van der Waals surface area contributed by atoms with Gasteiger partial charge in [-0.25, -0.2) is 4.98 Å². The monoisotopic (exact) mass is 264 g/mol. The molecule has 0 aliphatic heterocycles. The Kier molecular flexibility index (Phi) is 3.88. The Bertz CT molecular complexity index is 473. The summed E-state index contributed by atoms with van der Waals surface area (Å²) < 4.78 is 13.0. The molecule has 4 heteroatoms. The van der Waals surface area contributed by atoms with Crippen LogP contribution in [0.4, 0.5) is 4.39 Å². The molecule has 3 nitrogen and oxygen atoms in total. The maximum absolute atomic E-state index is 13.0. The van der Waals surface area contributed by atoms with Crippen LogP contribution in [0.5, 0.6) is 0 Å². The molecule has 1 aromatic rings. The van der Waals surface area contributed by atoms with Gasteiger partial charge in [-0.15, -0.1) is 0 Å². The van der Waals surface area contributed by atoms with Crippen molar-refractivity contribution in [3.63, 3.8) is 0 Å². The van der Waals surface area contributed by atoms with Crippen molar-refractivity contribution in [1.82, 2.24) is 10.3 Å². The van der Waals surface area contributed by atoms with Crippen LogP contribution in [0.2, 0.25) is 0 Å². The summed E-state index contributed by atoms with van der Waals surface area (Å²) in [5, 5.41) is 3.02. The molecule has 2 unspecified atom stereocenters.